The molecule has 2 N–H and O–H groups in total. The first-order valence-corrected chi connectivity index (χ1v) is 5.98. The molecule has 1 aromatic rings. The summed E-state index contributed by atoms with van der Waals surface area (Å²) in [5.74, 6) is 0. The Hall–Kier alpha value is -0.730. The molecule has 1 heterocycles. The number of hydrogen-bond acceptors (Lipinski definition) is 2. The van der Waals surface area contributed by atoms with Crippen LogP contribution < -0.4 is 10.6 Å². The molecule has 15 heavy (non-hydrogen) atoms. The fourth-order valence-electron chi connectivity index (χ4n) is 2.18. The van der Waals surface area contributed by atoms with Crippen LogP contribution in [0, 0.1) is 0 Å². The Bertz CT molecular complexity index is 374. The molecule has 3 rings (SSSR count). The lowest BCUT2D eigenvalue weighted by atomic mass is 9.99. The van der Waals surface area contributed by atoms with E-state index in [2.05, 4.69) is 16.7 Å². The molecule has 0 aromatic heterocycles. The minimum absolute atomic E-state index is 0.546. The molecule has 3 heteroatoms. The minimum atomic E-state index is 0.546. The van der Waals surface area contributed by atoms with Crippen molar-refractivity contribution in [2.75, 3.05) is 11.9 Å². The number of fused-ring (bicyclic) bond motifs is 1. The summed E-state index contributed by atoms with van der Waals surface area (Å²) < 4.78 is 0. The van der Waals surface area contributed by atoms with Gasteiger partial charge in [0, 0.05) is 29.3 Å². The Morgan fingerprint density at radius 1 is 1.27 bits per heavy atom. The van der Waals surface area contributed by atoms with Crippen LogP contribution in [0.3, 0.4) is 0 Å². The zero-order valence-electron chi connectivity index (χ0n) is 8.59. The van der Waals surface area contributed by atoms with Gasteiger partial charge in [-0.1, -0.05) is 17.7 Å². The van der Waals surface area contributed by atoms with Gasteiger partial charge in [0.25, 0.3) is 0 Å². The quantitative estimate of drug-likeness (QED) is 0.803. The highest BCUT2D eigenvalue weighted by molar-refractivity contribution is 6.31. The second-order valence-electron chi connectivity index (χ2n) is 4.49. The molecule has 1 aliphatic heterocycles. The number of halogens is 1. The van der Waals surface area contributed by atoms with E-state index in [-0.39, 0.29) is 0 Å². The lowest BCUT2D eigenvalue weighted by molar-refractivity contribution is 0.515. The molecule has 1 fully saturated rings. The van der Waals surface area contributed by atoms with Crippen molar-refractivity contribution in [3.05, 3.63) is 28.8 Å². The van der Waals surface area contributed by atoms with Crippen LogP contribution in [-0.2, 0) is 6.42 Å². The number of anilines is 1. The molecule has 0 saturated heterocycles. The summed E-state index contributed by atoms with van der Waals surface area (Å²) >= 11 is 6.19. The van der Waals surface area contributed by atoms with Gasteiger partial charge in [-0.05, 0) is 37.0 Å². The molecular formula is C12H15ClN2. The fourth-order valence-corrected chi connectivity index (χ4v) is 2.44. The van der Waals surface area contributed by atoms with Crippen molar-refractivity contribution in [1.82, 2.24) is 5.32 Å². The van der Waals surface area contributed by atoms with Crippen molar-refractivity contribution < 1.29 is 0 Å². The predicted octanol–water partition coefficient (Wildman–Crippen LogP) is 2.43. The van der Waals surface area contributed by atoms with Crippen molar-refractivity contribution in [1.29, 1.82) is 0 Å². The monoisotopic (exact) mass is 222 g/mol. The molecular weight excluding hydrogens is 208 g/mol. The lowest BCUT2D eigenvalue weighted by Crippen LogP contribution is -2.41. The van der Waals surface area contributed by atoms with Gasteiger partial charge in [0.2, 0.25) is 0 Å². The van der Waals surface area contributed by atoms with E-state index in [1.54, 1.807) is 0 Å². The molecule has 0 amide bonds. The molecule has 1 aliphatic carbocycles. The maximum absolute atomic E-state index is 6.19. The number of rotatable bonds is 2. The van der Waals surface area contributed by atoms with Crippen molar-refractivity contribution in [3.63, 3.8) is 0 Å². The standard InChI is InChI=1S/C12H15ClN2/c13-11-2-1-3-12-10(11)6-9(7-14-12)15-8-4-5-8/h1-3,8-9,14-15H,4-7H2. The summed E-state index contributed by atoms with van der Waals surface area (Å²) in [4.78, 5) is 0. The van der Waals surface area contributed by atoms with Gasteiger partial charge in [0.1, 0.15) is 0 Å². The number of benzene rings is 1. The normalized spacial score (nSPS) is 24.5. The zero-order chi connectivity index (χ0) is 10.3. The van der Waals surface area contributed by atoms with Crippen molar-refractivity contribution in [2.24, 2.45) is 0 Å². The van der Waals surface area contributed by atoms with Crippen molar-refractivity contribution in [3.8, 4) is 0 Å². The zero-order valence-corrected chi connectivity index (χ0v) is 9.35. The summed E-state index contributed by atoms with van der Waals surface area (Å²) in [5, 5.41) is 7.97. The van der Waals surface area contributed by atoms with Gasteiger partial charge in [-0.3, -0.25) is 0 Å². The smallest absolute Gasteiger partial charge is 0.0459 e. The van der Waals surface area contributed by atoms with Crippen LogP contribution >= 0.6 is 11.6 Å². The first-order chi connectivity index (χ1) is 7.33. The van der Waals surface area contributed by atoms with E-state index in [1.807, 2.05) is 12.1 Å². The van der Waals surface area contributed by atoms with Gasteiger partial charge in [0.15, 0.2) is 0 Å². The van der Waals surface area contributed by atoms with Crippen LogP contribution in [0.15, 0.2) is 18.2 Å². The van der Waals surface area contributed by atoms with Gasteiger partial charge in [-0.2, -0.15) is 0 Å². The average molecular weight is 223 g/mol. The predicted molar refractivity (Wildman–Crippen MR) is 63.6 cm³/mol. The van der Waals surface area contributed by atoms with Crippen LogP contribution in [0.4, 0.5) is 5.69 Å². The van der Waals surface area contributed by atoms with E-state index in [0.29, 0.717) is 6.04 Å². The maximum Gasteiger partial charge on any atom is 0.0459 e. The fraction of sp³-hybridized carbons (Fsp3) is 0.500. The summed E-state index contributed by atoms with van der Waals surface area (Å²) in [7, 11) is 0. The molecule has 1 atom stereocenters. The first-order valence-electron chi connectivity index (χ1n) is 5.60. The molecule has 80 valence electrons. The Kier molecular flexibility index (Phi) is 2.33. The van der Waals surface area contributed by atoms with Crippen molar-refractivity contribution >= 4 is 17.3 Å². The number of nitrogens with one attached hydrogen (secondary N) is 2. The molecule has 0 spiro atoms. The van der Waals surface area contributed by atoms with Crippen LogP contribution in [-0.4, -0.2) is 18.6 Å². The highest BCUT2D eigenvalue weighted by atomic mass is 35.5. The van der Waals surface area contributed by atoms with Crippen LogP contribution in [0.25, 0.3) is 0 Å². The lowest BCUT2D eigenvalue weighted by Gasteiger charge is -2.27. The molecule has 0 radical (unpaired) electrons. The Labute approximate surface area is 95.0 Å². The second kappa shape index (κ2) is 3.69. The molecule has 1 aromatic carbocycles. The third-order valence-electron chi connectivity index (χ3n) is 3.16. The van der Waals surface area contributed by atoms with E-state index in [9.17, 15) is 0 Å². The number of hydrogen-bond donors (Lipinski definition) is 2. The third-order valence-corrected chi connectivity index (χ3v) is 3.51. The second-order valence-corrected chi connectivity index (χ2v) is 4.90. The first kappa shape index (κ1) is 9.49. The molecule has 2 aliphatic rings. The Morgan fingerprint density at radius 3 is 2.93 bits per heavy atom. The SMILES string of the molecule is Clc1cccc2c1CC(NC1CC1)CN2. The van der Waals surface area contributed by atoms with Gasteiger partial charge in [-0.15, -0.1) is 0 Å². The largest absolute Gasteiger partial charge is 0.383 e. The highest BCUT2D eigenvalue weighted by Gasteiger charge is 2.27. The van der Waals surface area contributed by atoms with Gasteiger partial charge in [0.05, 0.1) is 0 Å². The topological polar surface area (TPSA) is 24.1 Å². The van der Waals surface area contributed by atoms with E-state index in [4.69, 9.17) is 11.6 Å². The van der Waals surface area contributed by atoms with Crippen LogP contribution in [0.5, 0.6) is 0 Å². The van der Waals surface area contributed by atoms with Gasteiger partial charge in [-0.25, -0.2) is 0 Å². The third kappa shape index (κ3) is 1.97. The summed E-state index contributed by atoms with van der Waals surface area (Å²) in [6.45, 7) is 1.02. The van der Waals surface area contributed by atoms with E-state index < -0.39 is 0 Å². The van der Waals surface area contributed by atoms with E-state index in [1.165, 1.54) is 24.1 Å². The molecule has 0 bridgehead atoms. The minimum Gasteiger partial charge on any atom is -0.383 e. The molecule has 2 nitrogen and oxygen atoms in total. The van der Waals surface area contributed by atoms with E-state index in [0.717, 1.165) is 24.0 Å². The molecule has 1 saturated carbocycles. The summed E-state index contributed by atoms with van der Waals surface area (Å²) in [5.41, 5.74) is 2.47. The Balaban J connectivity index is 1.78. The Morgan fingerprint density at radius 2 is 2.13 bits per heavy atom. The van der Waals surface area contributed by atoms with Crippen LogP contribution in [0.2, 0.25) is 5.02 Å². The van der Waals surface area contributed by atoms with Gasteiger partial charge < -0.3 is 10.6 Å². The highest BCUT2D eigenvalue weighted by Crippen LogP contribution is 2.30. The van der Waals surface area contributed by atoms with Gasteiger partial charge >= 0.3 is 0 Å². The van der Waals surface area contributed by atoms with Crippen LogP contribution in [0.1, 0.15) is 18.4 Å². The van der Waals surface area contributed by atoms with Crippen molar-refractivity contribution in [2.45, 2.75) is 31.3 Å². The molecule has 1 unspecified atom stereocenters. The van der Waals surface area contributed by atoms with E-state index >= 15 is 0 Å². The average Bonchev–Trinajstić information content (AvgIpc) is 3.03. The summed E-state index contributed by atoms with van der Waals surface area (Å²) in [6, 6.07) is 7.39. The summed E-state index contributed by atoms with van der Waals surface area (Å²) in [6.07, 6.45) is 3.73. The maximum atomic E-state index is 6.19.